The number of hydrogen-bond acceptors (Lipinski definition) is 6. The van der Waals surface area contributed by atoms with Crippen LogP contribution in [0.2, 0.25) is 5.28 Å². The van der Waals surface area contributed by atoms with Crippen molar-refractivity contribution in [3.63, 3.8) is 0 Å². The SMILES string of the molecule is C=CC(C1CC1)S(=O)(=O)C1(c2cc(N3CCOCC3)nc(Cl)n2)CCCC1. The summed E-state index contributed by atoms with van der Waals surface area (Å²) in [6.45, 7) is 6.51. The van der Waals surface area contributed by atoms with Gasteiger partial charge in [-0.3, -0.25) is 0 Å². The van der Waals surface area contributed by atoms with Crippen molar-refractivity contribution in [2.75, 3.05) is 31.2 Å². The van der Waals surface area contributed by atoms with Gasteiger partial charge in [0.25, 0.3) is 0 Å². The molecule has 2 aliphatic carbocycles. The van der Waals surface area contributed by atoms with Gasteiger partial charge in [-0.2, -0.15) is 0 Å². The Bertz CT molecular complexity index is 813. The molecule has 0 bridgehead atoms. The zero-order valence-electron chi connectivity index (χ0n) is 15.4. The van der Waals surface area contributed by atoms with E-state index in [4.69, 9.17) is 16.3 Å². The van der Waals surface area contributed by atoms with Gasteiger partial charge in [0.2, 0.25) is 5.28 Å². The molecule has 3 aliphatic rings. The van der Waals surface area contributed by atoms with E-state index in [0.717, 1.165) is 25.7 Å². The zero-order chi connectivity index (χ0) is 19.1. The van der Waals surface area contributed by atoms with Crippen LogP contribution in [-0.4, -0.2) is 49.9 Å². The standard InChI is InChI=1S/C19H26ClN3O3S/c1-2-15(14-5-6-14)27(24,25)19(7-3-4-8-19)16-13-17(22-18(20)21-16)23-9-11-26-12-10-23/h2,13-15H,1,3-12H2. The Hall–Kier alpha value is -1.18. The molecule has 2 saturated carbocycles. The number of rotatable bonds is 6. The number of aromatic nitrogens is 2. The molecule has 6 nitrogen and oxygen atoms in total. The summed E-state index contributed by atoms with van der Waals surface area (Å²) in [7, 11) is -3.48. The molecule has 1 saturated heterocycles. The third kappa shape index (κ3) is 3.38. The van der Waals surface area contributed by atoms with Crippen molar-refractivity contribution in [2.45, 2.75) is 48.5 Å². The maximum absolute atomic E-state index is 13.8. The van der Waals surface area contributed by atoms with Crippen LogP contribution in [-0.2, 0) is 19.3 Å². The molecule has 3 fully saturated rings. The second-order valence-electron chi connectivity index (χ2n) is 7.76. The predicted octanol–water partition coefficient (Wildman–Crippen LogP) is 3.12. The molecule has 0 N–H and O–H groups in total. The Morgan fingerprint density at radius 2 is 1.93 bits per heavy atom. The molecule has 148 valence electrons. The molecule has 0 aromatic carbocycles. The number of morpholine rings is 1. The molecule has 27 heavy (non-hydrogen) atoms. The van der Waals surface area contributed by atoms with E-state index in [1.165, 1.54) is 0 Å². The monoisotopic (exact) mass is 411 g/mol. The highest BCUT2D eigenvalue weighted by Crippen LogP contribution is 2.51. The maximum atomic E-state index is 13.8. The fourth-order valence-electron chi connectivity index (χ4n) is 4.48. The van der Waals surface area contributed by atoms with E-state index in [1.54, 1.807) is 6.08 Å². The Morgan fingerprint density at radius 1 is 1.26 bits per heavy atom. The second kappa shape index (κ2) is 7.33. The Labute approximate surface area is 165 Å². The van der Waals surface area contributed by atoms with Gasteiger partial charge in [-0.05, 0) is 43.2 Å². The first-order chi connectivity index (χ1) is 13.0. The Balaban J connectivity index is 1.78. The van der Waals surface area contributed by atoms with Crippen molar-refractivity contribution >= 4 is 27.3 Å². The van der Waals surface area contributed by atoms with Crippen molar-refractivity contribution in [1.29, 1.82) is 0 Å². The summed E-state index contributed by atoms with van der Waals surface area (Å²) in [6.07, 6.45) is 6.46. The number of sulfone groups is 1. The summed E-state index contributed by atoms with van der Waals surface area (Å²) < 4.78 is 31.9. The molecule has 2 heterocycles. The van der Waals surface area contributed by atoms with Crippen LogP contribution in [0.1, 0.15) is 44.2 Å². The zero-order valence-corrected chi connectivity index (χ0v) is 17.0. The van der Waals surface area contributed by atoms with Crippen LogP contribution < -0.4 is 4.90 Å². The smallest absolute Gasteiger partial charge is 0.224 e. The second-order valence-corrected chi connectivity index (χ2v) is 10.5. The highest BCUT2D eigenvalue weighted by Gasteiger charge is 2.54. The summed E-state index contributed by atoms with van der Waals surface area (Å²) in [5, 5.41) is -0.395. The lowest BCUT2D eigenvalue weighted by atomic mass is 10.0. The van der Waals surface area contributed by atoms with Gasteiger partial charge < -0.3 is 9.64 Å². The van der Waals surface area contributed by atoms with E-state index in [0.29, 0.717) is 50.7 Å². The van der Waals surface area contributed by atoms with Crippen LogP contribution >= 0.6 is 11.6 Å². The number of anilines is 1. The summed E-state index contributed by atoms with van der Waals surface area (Å²) in [5.74, 6) is 0.886. The predicted molar refractivity (Wildman–Crippen MR) is 106 cm³/mol. The molecule has 1 aliphatic heterocycles. The minimum atomic E-state index is -3.48. The summed E-state index contributed by atoms with van der Waals surface area (Å²) in [4.78, 5) is 10.9. The molecule has 1 atom stereocenters. The lowest BCUT2D eigenvalue weighted by molar-refractivity contribution is 0.122. The van der Waals surface area contributed by atoms with Gasteiger partial charge in [-0.1, -0.05) is 18.9 Å². The third-order valence-corrected chi connectivity index (χ3v) is 9.29. The van der Waals surface area contributed by atoms with Crippen LogP contribution in [0.4, 0.5) is 5.82 Å². The van der Waals surface area contributed by atoms with Gasteiger partial charge in [-0.25, -0.2) is 18.4 Å². The number of halogens is 1. The highest BCUT2D eigenvalue weighted by atomic mass is 35.5. The third-order valence-electron chi connectivity index (χ3n) is 6.12. The first kappa shape index (κ1) is 19.2. The van der Waals surface area contributed by atoms with Crippen LogP contribution in [0.15, 0.2) is 18.7 Å². The van der Waals surface area contributed by atoms with E-state index < -0.39 is 19.8 Å². The van der Waals surface area contributed by atoms with Crippen molar-refractivity contribution in [3.05, 3.63) is 29.7 Å². The quantitative estimate of drug-likeness (QED) is 0.529. The molecular formula is C19H26ClN3O3S. The molecule has 1 aromatic heterocycles. The Morgan fingerprint density at radius 3 is 2.52 bits per heavy atom. The highest BCUT2D eigenvalue weighted by molar-refractivity contribution is 7.93. The maximum Gasteiger partial charge on any atom is 0.224 e. The summed E-state index contributed by atoms with van der Waals surface area (Å²) >= 11 is 6.25. The normalized spacial score (nSPS) is 24.0. The molecule has 8 heteroatoms. The van der Waals surface area contributed by atoms with Crippen molar-refractivity contribution < 1.29 is 13.2 Å². The molecular weight excluding hydrogens is 386 g/mol. The van der Waals surface area contributed by atoms with Gasteiger partial charge >= 0.3 is 0 Å². The van der Waals surface area contributed by atoms with Gasteiger partial charge in [0.15, 0.2) is 9.84 Å². The minimum absolute atomic E-state index is 0.108. The number of hydrogen-bond donors (Lipinski definition) is 0. The van der Waals surface area contributed by atoms with Crippen LogP contribution in [0.3, 0.4) is 0 Å². The number of nitrogens with zero attached hydrogens (tertiary/aromatic N) is 3. The summed E-state index contributed by atoms with van der Waals surface area (Å²) in [5.41, 5.74) is 0.550. The van der Waals surface area contributed by atoms with Gasteiger partial charge in [-0.15, -0.1) is 6.58 Å². The molecule has 0 spiro atoms. The molecule has 4 rings (SSSR count). The molecule has 1 unspecified atom stereocenters. The van der Waals surface area contributed by atoms with E-state index in [9.17, 15) is 8.42 Å². The Kier molecular flexibility index (Phi) is 5.20. The average Bonchev–Trinajstić information content (AvgIpc) is 3.35. The largest absolute Gasteiger partial charge is 0.378 e. The van der Waals surface area contributed by atoms with E-state index >= 15 is 0 Å². The lowest BCUT2D eigenvalue weighted by Gasteiger charge is -2.33. The van der Waals surface area contributed by atoms with E-state index in [1.807, 2.05) is 6.07 Å². The van der Waals surface area contributed by atoms with Crippen LogP contribution in [0.25, 0.3) is 0 Å². The topological polar surface area (TPSA) is 72.4 Å². The fraction of sp³-hybridized carbons (Fsp3) is 0.684. The van der Waals surface area contributed by atoms with E-state index in [2.05, 4.69) is 21.4 Å². The van der Waals surface area contributed by atoms with E-state index in [-0.39, 0.29) is 11.2 Å². The van der Waals surface area contributed by atoms with Gasteiger partial charge in [0, 0.05) is 19.2 Å². The average molecular weight is 412 g/mol. The van der Waals surface area contributed by atoms with Crippen LogP contribution in [0.5, 0.6) is 0 Å². The van der Waals surface area contributed by atoms with Crippen molar-refractivity contribution in [3.8, 4) is 0 Å². The van der Waals surface area contributed by atoms with Gasteiger partial charge in [0.1, 0.15) is 10.6 Å². The van der Waals surface area contributed by atoms with Crippen LogP contribution in [0, 0.1) is 5.92 Å². The molecule has 0 amide bonds. The van der Waals surface area contributed by atoms with Crippen molar-refractivity contribution in [1.82, 2.24) is 9.97 Å². The van der Waals surface area contributed by atoms with Crippen molar-refractivity contribution in [2.24, 2.45) is 5.92 Å². The molecule has 1 aromatic rings. The lowest BCUT2D eigenvalue weighted by Crippen LogP contribution is -2.42. The molecule has 0 radical (unpaired) electrons. The first-order valence-electron chi connectivity index (χ1n) is 9.72. The fourth-order valence-corrected chi connectivity index (χ4v) is 7.47. The first-order valence-corrected chi connectivity index (χ1v) is 11.6. The number of ether oxygens (including phenoxy) is 1. The minimum Gasteiger partial charge on any atom is -0.378 e. The summed E-state index contributed by atoms with van der Waals surface area (Å²) in [6, 6.07) is 1.84. The van der Waals surface area contributed by atoms with Gasteiger partial charge in [0.05, 0.1) is 24.2 Å².